The van der Waals surface area contributed by atoms with Crippen molar-refractivity contribution < 1.29 is 4.39 Å². The van der Waals surface area contributed by atoms with Crippen LogP contribution in [-0.2, 0) is 5.41 Å². The molecule has 2 aliphatic rings. The molecule has 0 saturated carbocycles. The Hall–Kier alpha value is -9.31. The van der Waals surface area contributed by atoms with Gasteiger partial charge in [0.05, 0.1) is 16.4 Å². The molecule has 74 heavy (non-hydrogen) atoms. The first kappa shape index (κ1) is 44.6. The quantitative estimate of drug-likeness (QED) is 0.125. The number of allylic oxidation sites excluding steroid dienone is 4. The lowest BCUT2D eigenvalue weighted by Crippen LogP contribution is -2.28. The number of fused-ring (bicyclic) bond motifs is 6. The van der Waals surface area contributed by atoms with E-state index in [2.05, 4.69) is 259 Å². The fraction of sp³-hybridized carbons (Fsp3) is 0.0423. The lowest BCUT2D eigenvalue weighted by atomic mass is 9.67. The van der Waals surface area contributed by atoms with Crippen molar-refractivity contribution in [1.29, 1.82) is 0 Å². The Balaban J connectivity index is 0.958. The van der Waals surface area contributed by atoms with E-state index >= 15 is 0 Å². The predicted octanol–water partition coefficient (Wildman–Crippen LogP) is 18.9. The second-order valence-electron chi connectivity index (χ2n) is 19.4. The number of rotatable bonds is 11. The molecule has 352 valence electrons. The van der Waals surface area contributed by atoms with Crippen LogP contribution in [0.4, 0.5) is 21.5 Å². The summed E-state index contributed by atoms with van der Waals surface area (Å²) in [6.45, 7) is 8.06. The minimum atomic E-state index is -0.944. The van der Waals surface area contributed by atoms with Crippen molar-refractivity contribution in [3.05, 3.63) is 307 Å². The molecule has 0 aliphatic heterocycles. The summed E-state index contributed by atoms with van der Waals surface area (Å²) in [5, 5.41) is 2.30. The maximum Gasteiger partial charge on any atom is 0.122 e. The summed E-state index contributed by atoms with van der Waals surface area (Å²) in [4.78, 5) is 2.40. The van der Waals surface area contributed by atoms with E-state index in [1.54, 1.807) is 6.08 Å². The second kappa shape index (κ2) is 18.4. The Bertz CT molecular complexity index is 3990. The topological polar surface area (TPSA) is 8.17 Å². The van der Waals surface area contributed by atoms with Crippen LogP contribution in [0.5, 0.6) is 0 Å². The summed E-state index contributed by atoms with van der Waals surface area (Å²) in [5.41, 5.74) is 22.2. The fourth-order valence-electron chi connectivity index (χ4n) is 11.7. The van der Waals surface area contributed by atoms with Crippen LogP contribution < -0.4 is 4.90 Å². The molecule has 0 amide bonds. The first-order chi connectivity index (χ1) is 36.5. The maximum absolute atomic E-state index is 14.2. The Morgan fingerprint density at radius 3 is 1.61 bits per heavy atom. The summed E-state index contributed by atoms with van der Waals surface area (Å²) in [6.07, 6.45) is 8.82. The van der Waals surface area contributed by atoms with Crippen LogP contribution in [0.1, 0.15) is 45.4 Å². The first-order valence-corrected chi connectivity index (χ1v) is 25.4. The van der Waals surface area contributed by atoms with E-state index in [0.29, 0.717) is 6.42 Å². The molecule has 13 rings (SSSR count). The van der Waals surface area contributed by atoms with Crippen LogP contribution in [0.2, 0.25) is 0 Å². The minimum Gasteiger partial charge on any atom is -0.310 e. The number of halogens is 1. The molecule has 0 spiro atoms. The highest BCUT2D eigenvalue weighted by molar-refractivity contribution is 6.11. The molecule has 0 saturated heterocycles. The largest absolute Gasteiger partial charge is 0.310 e. The highest BCUT2D eigenvalue weighted by Gasteiger charge is 2.46. The highest BCUT2D eigenvalue weighted by atomic mass is 19.1. The third-order valence-electron chi connectivity index (χ3n) is 15.3. The van der Waals surface area contributed by atoms with Gasteiger partial charge < -0.3 is 9.47 Å². The number of nitrogens with zero attached hydrogens (tertiary/aromatic N) is 2. The molecular weight excluding hydrogens is 900 g/mol. The molecular formula is C71H51FN2. The van der Waals surface area contributed by atoms with Crippen molar-refractivity contribution in [1.82, 2.24) is 4.57 Å². The highest BCUT2D eigenvalue weighted by Crippen LogP contribution is 2.57. The van der Waals surface area contributed by atoms with Gasteiger partial charge in [-0.15, -0.1) is 0 Å². The van der Waals surface area contributed by atoms with E-state index in [9.17, 15) is 4.39 Å². The van der Waals surface area contributed by atoms with Crippen molar-refractivity contribution in [2.24, 2.45) is 0 Å². The third-order valence-corrected chi connectivity index (χ3v) is 15.3. The van der Waals surface area contributed by atoms with E-state index in [4.69, 9.17) is 0 Å². The van der Waals surface area contributed by atoms with Gasteiger partial charge >= 0.3 is 0 Å². The van der Waals surface area contributed by atoms with Crippen LogP contribution in [-0.4, -0.2) is 10.7 Å². The summed E-state index contributed by atoms with van der Waals surface area (Å²) in [5.74, 6) is 0. The van der Waals surface area contributed by atoms with E-state index in [1.165, 1.54) is 38.9 Å². The molecule has 0 bridgehead atoms. The van der Waals surface area contributed by atoms with Gasteiger partial charge in [0, 0.05) is 39.9 Å². The molecule has 1 aromatic heterocycles. The van der Waals surface area contributed by atoms with Gasteiger partial charge in [-0.1, -0.05) is 201 Å². The van der Waals surface area contributed by atoms with Gasteiger partial charge in [-0.3, -0.25) is 0 Å². The minimum absolute atomic E-state index is 0.387. The average molecular weight is 951 g/mol. The summed E-state index contributed by atoms with van der Waals surface area (Å²) >= 11 is 0. The normalized spacial score (nSPS) is 15.6. The summed E-state index contributed by atoms with van der Waals surface area (Å²) in [6, 6.07) is 86.4. The number of hydrogen-bond acceptors (Lipinski definition) is 1. The zero-order valence-electron chi connectivity index (χ0n) is 40.9. The van der Waals surface area contributed by atoms with Crippen molar-refractivity contribution in [3.63, 3.8) is 0 Å². The zero-order chi connectivity index (χ0) is 49.8. The summed E-state index contributed by atoms with van der Waals surface area (Å²) < 4.78 is 16.6. The Kier molecular flexibility index (Phi) is 11.1. The number of hydrogen-bond donors (Lipinski definition) is 0. The molecule has 3 heteroatoms. The van der Waals surface area contributed by atoms with Gasteiger partial charge in [0.1, 0.15) is 6.17 Å². The molecule has 0 N–H and O–H groups in total. The van der Waals surface area contributed by atoms with Gasteiger partial charge in [-0.05, 0) is 157 Å². The van der Waals surface area contributed by atoms with Gasteiger partial charge in [-0.25, -0.2) is 4.39 Å². The average Bonchev–Trinajstić information content (AvgIpc) is 4.05. The van der Waals surface area contributed by atoms with Crippen LogP contribution in [0.25, 0.3) is 78.6 Å². The van der Waals surface area contributed by atoms with Crippen LogP contribution in [0, 0.1) is 0 Å². The van der Waals surface area contributed by atoms with E-state index in [-0.39, 0.29) is 0 Å². The van der Waals surface area contributed by atoms with E-state index < -0.39 is 11.6 Å². The number of alkyl halides is 1. The molecule has 2 nitrogen and oxygen atoms in total. The van der Waals surface area contributed by atoms with Crippen molar-refractivity contribution in [3.8, 4) is 39.1 Å². The van der Waals surface area contributed by atoms with Crippen LogP contribution >= 0.6 is 0 Å². The van der Waals surface area contributed by atoms with Crippen LogP contribution in [0.15, 0.2) is 268 Å². The second-order valence-corrected chi connectivity index (χ2v) is 19.4. The Morgan fingerprint density at radius 1 is 0.459 bits per heavy atom. The standard InChI is InChI=1S/C71H51FN2/c1-3-48-19-31-57(32-20-48)71(56-15-9-6-10-16-56)67-18-12-11-17-63(67)64-42-41-62(47-68(64)71)73(59-37-25-51(26-38-59)50-13-7-5-8-14-50)60-39-27-53(28-40-60)55-30-44-70-66(46-55)65-45-54(52-23-33-58(72)34-24-52)29-43-69(65)74(70)61-35-21-49(4-2)22-36-61/h3-33,35-47,58H,1-2,34H2. The lowest BCUT2D eigenvalue weighted by Gasteiger charge is -2.35. The molecule has 2 atom stereocenters. The number of anilines is 3. The van der Waals surface area contributed by atoms with Crippen molar-refractivity contribution in [2.75, 3.05) is 4.90 Å². The third kappa shape index (κ3) is 7.47. The SMILES string of the molecule is C=Cc1ccc(-n2c3ccc(C4=CCC(F)C=C4)cc3c3cc(-c4ccc(N(c5ccc(-c6ccccc6)cc5)c5ccc6c(c5)C(c5ccccc5)(c5ccc(C=C)cc5)c5ccccc5-6)cc4)ccc32)cc1. The molecule has 10 aromatic carbocycles. The predicted molar refractivity (Wildman–Crippen MR) is 310 cm³/mol. The molecule has 2 aliphatic carbocycles. The van der Waals surface area contributed by atoms with Gasteiger partial charge in [0.25, 0.3) is 0 Å². The van der Waals surface area contributed by atoms with Gasteiger partial charge in [0.2, 0.25) is 0 Å². The maximum atomic E-state index is 14.2. The van der Waals surface area contributed by atoms with E-state index in [1.807, 2.05) is 24.3 Å². The molecule has 0 fully saturated rings. The molecule has 2 unspecified atom stereocenters. The number of aromatic nitrogens is 1. The zero-order valence-corrected chi connectivity index (χ0v) is 40.9. The first-order valence-electron chi connectivity index (χ1n) is 25.4. The van der Waals surface area contributed by atoms with Gasteiger partial charge in [-0.2, -0.15) is 0 Å². The Morgan fingerprint density at radius 2 is 0.973 bits per heavy atom. The Labute approximate surface area is 432 Å². The molecule has 1 heterocycles. The summed E-state index contributed by atoms with van der Waals surface area (Å²) in [7, 11) is 0. The van der Waals surface area contributed by atoms with Gasteiger partial charge in [0.15, 0.2) is 0 Å². The van der Waals surface area contributed by atoms with Crippen molar-refractivity contribution in [2.45, 2.75) is 18.0 Å². The smallest absolute Gasteiger partial charge is 0.122 e. The number of benzene rings is 10. The molecule has 0 radical (unpaired) electrons. The van der Waals surface area contributed by atoms with E-state index in [0.717, 1.165) is 83.5 Å². The van der Waals surface area contributed by atoms with Crippen LogP contribution in [0.3, 0.4) is 0 Å². The molecule has 11 aromatic rings. The lowest BCUT2D eigenvalue weighted by molar-refractivity contribution is 0.402. The fourth-order valence-corrected chi connectivity index (χ4v) is 11.7. The van der Waals surface area contributed by atoms with Crippen molar-refractivity contribution >= 4 is 56.6 Å². The monoisotopic (exact) mass is 950 g/mol.